The second-order valence-corrected chi connectivity index (χ2v) is 7.74. The molecule has 0 radical (unpaired) electrons. The van der Waals surface area contributed by atoms with Crippen LogP contribution in [0.1, 0.15) is 27.8 Å². The van der Waals surface area contributed by atoms with Gasteiger partial charge in [0, 0.05) is 5.69 Å². The minimum Gasteiger partial charge on any atom is -0.350 e. The first kappa shape index (κ1) is 19.6. The molecule has 1 aliphatic rings. The number of para-hydroxylation sites is 2. The number of aryl methyl sites for hydroxylation is 4. The second kappa shape index (κ2) is 7.64. The number of imide groups is 1. The number of nitrogens with one attached hydrogen (secondary N) is 1. The van der Waals surface area contributed by atoms with Gasteiger partial charge in [-0.1, -0.05) is 60.2 Å². The van der Waals surface area contributed by atoms with Crippen LogP contribution in [-0.2, 0) is 9.59 Å². The van der Waals surface area contributed by atoms with Crippen LogP contribution in [0.3, 0.4) is 0 Å². The molecule has 4 heteroatoms. The zero-order valence-electron chi connectivity index (χ0n) is 17.6. The summed E-state index contributed by atoms with van der Waals surface area (Å²) in [6.07, 6.45) is 0. The van der Waals surface area contributed by atoms with Gasteiger partial charge in [0.05, 0.1) is 11.3 Å². The third-order valence-electron chi connectivity index (χ3n) is 5.50. The summed E-state index contributed by atoms with van der Waals surface area (Å²) in [6, 6.07) is 21.1. The Morgan fingerprint density at radius 3 is 2.03 bits per heavy atom. The van der Waals surface area contributed by atoms with Gasteiger partial charge < -0.3 is 5.32 Å². The standard InChI is InChI=1S/C26H24N2O2/c1-16-13-14-20(19(4)15-16)23-24(27-21-11-7-5-9-17(21)2)26(30)28(25(23)29)22-12-8-6-10-18(22)3/h5-15,27H,1-4H3. The minimum atomic E-state index is -0.340. The monoisotopic (exact) mass is 396 g/mol. The highest BCUT2D eigenvalue weighted by molar-refractivity contribution is 6.46. The van der Waals surface area contributed by atoms with Crippen LogP contribution in [0.4, 0.5) is 11.4 Å². The van der Waals surface area contributed by atoms with Gasteiger partial charge in [-0.3, -0.25) is 9.59 Å². The molecule has 4 rings (SSSR count). The van der Waals surface area contributed by atoms with Crippen molar-refractivity contribution in [3.05, 3.63) is 100 Å². The SMILES string of the molecule is Cc1ccc(C2=C(Nc3ccccc3C)C(=O)N(c3ccccc3C)C2=O)c(C)c1. The van der Waals surface area contributed by atoms with Crippen molar-refractivity contribution in [1.82, 2.24) is 0 Å². The summed E-state index contributed by atoms with van der Waals surface area (Å²) in [5.74, 6) is -0.648. The molecule has 0 aromatic heterocycles. The number of hydrogen-bond acceptors (Lipinski definition) is 3. The van der Waals surface area contributed by atoms with Gasteiger partial charge in [-0.25, -0.2) is 4.90 Å². The molecule has 3 aromatic carbocycles. The summed E-state index contributed by atoms with van der Waals surface area (Å²) in [5, 5.41) is 3.27. The van der Waals surface area contributed by atoms with E-state index in [0.29, 0.717) is 17.0 Å². The van der Waals surface area contributed by atoms with E-state index in [1.807, 2.05) is 94.4 Å². The van der Waals surface area contributed by atoms with Crippen LogP contribution in [0.2, 0.25) is 0 Å². The number of nitrogens with zero attached hydrogens (tertiary/aromatic N) is 1. The molecular weight excluding hydrogens is 372 g/mol. The first-order valence-electron chi connectivity index (χ1n) is 9.97. The molecule has 1 N–H and O–H groups in total. The second-order valence-electron chi connectivity index (χ2n) is 7.74. The van der Waals surface area contributed by atoms with E-state index in [1.165, 1.54) is 4.90 Å². The van der Waals surface area contributed by atoms with Crippen molar-refractivity contribution < 1.29 is 9.59 Å². The van der Waals surface area contributed by atoms with Crippen molar-refractivity contribution in [2.75, 3.05) is 10.2 Å². The van der Waals surface area contributed by atoms with E-state index in [1.54, 1.807) is 0 Å². The predicted molar refractivity (Wildman–Crippen MR) is 121 cm³/mol. The van der Waals surface area contributed by atoms with Gasteiger partial charge in [-0.05, 0) is 62.1 Å². The molecule has 2 amide bonds. The highest BCUT2D eigenvalue weighted by atomic mass is 16.2. The van der Waals surface area contributed by atoms with Crippen LogP contribution in [0.5, 0.6) is 0 Å². The Morgan fingerprint density at radius 1 is 0.700 bits per heavy atom. The lowest BCUT2D eigenvalue weighted by Gasteiger charge is -2.18. The third-order valence-corrected chi connectivity index (χ3v) is 5.50. The Bertz CT molecular complexity index is 1210. The quantitative estimate of drug-likeness (QED) is 0.608. The summed E-state index contributed by atoms with van der Waals surface area (Å²) < 4.78 is 0. The van der Waals surface area contributed by atoms with Crippen LogP contribution in [-0.4, -0.2) is 11.8 Å². The molecule has 30 heavy (non-hydrogen) atoms. The van der Waals surface area contributed by atoms with Crippen molar-refractivity contribution >= 4 is 28.8 Å². The van der Waals surface area contributed by atoms with E-state index in [9.17, 15) is 9.59 Å². The van der Waals surface area contributed by atoms with Gasteiger partial charge in [-0.2, -0.15) is 0 Å². The summed E-state index contributed by atoms with van der Waals surface area (Å²) in [7, 11) is 0. The van der Waals surface area contributed by atoms with Crippen molar-refractivity contribution in [1.29, 1.82) is 0 Å². The van der Waals surface area contributed by atoms with Crippen molar-refractivity contribution in [3.8, 4) is 0 Å². The Kier molecular flexibility index (Phi) is 5.00. The maximum absolute atomic E-state index is 13.6. The number of carbonyl (C=O) groups is 2. The predicted octanol–water partition coefficient (Wildman–Crippen LogP) is 5.32. The molecule has 0 atom stereocenters. The topological polar surface area (TPSA) is 49.4 Å². The van der Waals surface area contributed by atoms with E-state index >= 15 is 0 Å². The molecular formula is C26H24N2O2. The molecule has 0 unspecified atom stereocenters. The lowest BCUT2D eigenvalue weighted by atomic mass is 9.97. The highest BCUT2D eigenvalue weighted by Crippen LogP contribution is 2.36. The maximum Gasteiger partial charge on any atom is 0.282 e. The number of amides is 2. The van der Waals surface area contributed by atoms with Crippen molar-refractivity contribution in [2.24, 2.45) is 0 Å². The smallest absolute Gasteiger partial charge is 0.282 e. The molecule has 0 spiro atoms. The molecule has 0 saturated heterocycles. The van der Waals surface area contributed by atoms with Gasteiger partial charge >= 0.3 is 0 Å². The number of anilines is 2. The van der Waals surface area contributed by atoms with E-state index < -0.39 is 0 Å². The molecule has 4 nitrogen and oxygen atoms in total. The minimum absolute atomic E-state index is 0.308. The van der Waals surface area contributed by atoms with Gasteiger partial charge in [-0.15, -0.1) is 0 Å². The zero-order valence-corrected chi connectivity index (χ0v) is 17.6. The molecule has 0 saturated carbocycles. The fourth-order valence-corrected chi connectivity index (χ4v) is 3.87. The number of benzene rings is 3. The van der Waals surface area contributed by atoms with E-state index in [4.69, 9.17) is 0 Å². The summed E-state index contributed by atoms with van der Waals surface area (Å²) in [4.78, 5) is 28.4. The number of rotatable bonds is 4. The first-order valence-corrected chi connectivity index (χ1v) is 9.97. The molecule has 0 aliphatic carbocycles. The summed E-state index contributed by atoms with van der Waals surface area (Å²) in [6.45, 7) is 7.85. The lowest BCUT2D eigenvalue weighted by Crippen LogP contribution is -2.33. The average molecular weight is 396 g/mol. The highest BCUT2D eigenvalue weighted by Gasteiger charge is 2.41. The largest absolute Gasteiger partial charge is 0.350 e. The van der Waals surface area contributed by atoms with Crippen LogP contribution in [0.15, 0.2) is 72.4 Å². The summed E-state index contributed by atoms with van der Waals surface area (Å²) >= 11 is 0. The van der Waals surface area contributed by atoms with Gasteiger partial charge in [0.25, 0.3) is 11.8 Å². The molecule has 0 fully saturated rings. The Labute approximate surface area is 176 Å². The lowest BCUT2D eigenvalue weighted by molar-refractivity contribution is -0.120. The molecule has 3 aromatic rings. The molecule has 0 bridgehead atoms. The van der Waals surface area contributed by atoms with Crippen LogP contribution < -0.4 is 10.2 Å². The van der Waals surface area contributed by atoms with E-state index in [2.05, 4.69) is 5.32 Å². The van der Waals surface area contributed by atoms with Crippen LogP contribution in [0, 0.1) is 27.7 Å². The first-order chi connectivity index (χ1) is 14.4. The third kappa shape index (κ3) is 3.30. The van der Waals surface area contributed by atoms with E-state index in [0.717, 1.165) is 33.5 Å². The Balaban J connectivity index is 1.90. The van der Waals surface area contributed by atoms with Crippen LogP contribution in [0.25, 0.3) is 5.57 Å². The average Bonchev–Trinajstić information content (AvgIpc) is 2.94. The summed E-state index contributed by atoms with van der Waals surface area (Å²) in [5.41, 5.74) is 6.84. The fraction of sp³-hybridized carbons (Fsp3) is 0.154. The normalized spacial score (nSPS) is 13.9. The maximum atomic E-state index is 13.6. The van der Waals surface area contributed by atoms with Gasteiger partial charge in [0.2, 0.25) is 0 Å². The zero-order chi connectivity index (χ0) is 21.4. The molecule has 1 heterocycles. The number of hydrogen-bond donors (Lipinski definition) is 1. The van der Waals surface area contributed by atoms with Crippen LogP contribution >= 0.6 is 0 Å². The van der Waals surface area contributed by atoms with E-state index in [-0.39, 0.29) is 11.8 Å². The van der Waals surface area contributed by atoms with Crippen molar-refractivity contribution in [3.63, 3.8) is 0 Å². The Morgan fingerprint density at radius 2 is 1.37 bits per heavy atom. The van der Waals surface area contributed by atoms with Gasteiger partial charge in [0.1, 0.15) is 5.70 Å². The fourth-order valence-electron chi connectivity index (χ4n) is 3.87. The molecule has 1 aliphatic heterocycles. The Hall–Kier alpha value is -3.66. The molecule has 150 valence electrons. The number of carbonyl (C=O) groups excluding carboxylic acids is 2. The van der Waals surface area contributed by atoms with Gasteiger partial charge in [0.15, 0.2) is 0 Å². The van der Waals surface area contributed by atoms with Crippen molar-refractivity contribution in [2.45, 2.75) is 27.7 Å².